The fraction of sp³-hybridized carbons (Fsp3) is 0.160. The zero-order chi connectivity index (χ0) is 27.5. The highest BCUT2D eigenvalue weighted by Gasteiger charge is 2.29. The second-order valence-corrected chi connectivity index (χ2v) is 12.9. The number of carbonyl (C=O) groups is 1. The molecule has 0 aliphatic carbocycles. The number of sulfonamides is 2. The minimum absolute atomic E-state index is 0.00159. The summed E-state index contributed by atoms with van der Waals surface area (Å²) in [7, 11) is -5.18. The van der Waals surface area contributed by atoms with Crippen LogP contribution < -0.4 is 9.62 Å². The fourth-order valence-corrected chi connectivity index (χ4v) is 6.80. The molecule has 3 aromatic carbocycles. The Hall–Kier alpha value is -2.89. The molecule has 37 heavy (non-hydrogen) atoms. The third-order valence-electron chi connectivity index (χ3n) is 5.38. The Kier molecular flexibility index (Phi) is 8.71. The van der Waals surface area contributed by atoms with Crippen LogP contribution in [0.5, 0.6) is 0 Å². The summed E-state index contributed by atoms with van der Waals surface area (Å²) in [4.78, 5) is 12.8. The molecule has 0 atom stereocenters. The van der Waals surface area contributed by atoms with Gasteiger partial charge in [0.2, 0.25) is 10.0 Å². The van der Waals surface area contributed by atoms with Gasteiger partial charge in [0.05, 0.1) is 27.2 Å². The van der Waals surface area contributed by atoms with Crippen molar-refractivity contribution in [1.82, 2.24) is 4.31 Å². The SMILES string of the molecule is C=CCN(c1ccccc1Cl)S(=O)(=O)c1cc(C(=O)Nc2ccc(C)c(S(=O)(=O)N(C)C)c2)ccc1Cl. The molecule has 1 amide bonds. The summed E-state index contributed by atoms with van der Waals surface area (Å²) < 4.78 is 54.6. The number of hydrogen-bond acceptors (Lipinski definition) is 5. The lowest BCUT2D eigenvalue weighted by atomic mass is 10.2. The van der Waals surface area contributed by atoms with Crippen molar-refractivity contribution in [2.24, 2.45) is 0 Å². The highest BCUT2D eigenvalue weighted by Crippen LogP contribution is 2.33. The smallest absolute Gasteiger partial charge is 0.266 e. The first-order valence-electron chi connectivity index (χ1n) is 10.8. The summed E-state index contributed by atoms with van der Waals surface area (Å²) in [5.41, 5.74) is 0.954. The van der Waals surface area contributed by atoms with Gasteiger partial charge in [0.25, 0.3) is 15.9 Å². The summed E-state index contributed by atoms with van der Waals surface area (Å²) in [6.45, 7) is 5.18. The van der Waals surface area contributed by atoms with E-state index in [1.54, 1.807) is 43.3 Å². The zero-order valence-corrected chi connectivity index (χ0v) is 23.4. The summed E-state index contributed by atoms with van der Waals surface area (Å²) in [6, 6.07) is 14.7. The average Bonchev–Trinajstić information content (AvgIpc) is 2.84. The van der Waals surface area contributed by atoms with Gasteiger partial charge in [0.15, 0.2) is 0 Å². The largest absolute Gasteiger partial charge is 0.322 e. The van der Waals surface area contributed by atoms with E-state index in [1.165, 1.54) is 38.4 Å². The number of amides is 1. The molecule has 0 bridgehead atoms. The Bertz CT molecular complexity index is 1570. The van der Waals surface area contributed by atoms with Gasteiger partial charge in [0, 0.05) is 25.3 Å². The molecular formula is C25H25Cl2N3O5S2. The molecule has 3 aromatic rings. The zero-order valence-electron chi connectivity index (χ0n) is 20.3. The molecule has 0 radical (unpaired) electrons. The Balaban J connectivity index is 2.01. The van der Waals surface area contributed by atoms with Crippen molar-refractivity contribution in [3.63, 3.8) is 0 Å². The number of rotatable bonds is 9. The normalized spacial score (nSPS) is 11.8. The number of carbonyl (C=O) groups excluding carboxylic acids is 1. The van der Waals surface area contributed by atoms with Crippen LogP contribution in [-0.2, 0) is 20.0 Å². The number of benzene rings is 3. The molecule has 0 saturated heterocycles. The van der Waals surface area contributed by atoms with E-state index in [0.717, 1.165) is 14.7 Å². The lowest BCUT2D eigenvalue weighted by molar-refractivity contribution is 0.102. The van der Waals surface area contributed by atoms with Crippen molar-refractivity contribution < 1.29 is 21.6 Å². The van der Waals surface area contributed by atoms with Gasteiger partial charge in [-0.25, -0.2) is 21.1 Å². The maximum atomic E-state index is 13.6. The molecule has 0 aromatic heterocycles. The molecule has 0 saturated carbocycles. The van der Waals surface area contributed by atoms with Crippen LogP contribution >= 0.6 is 23.2 Å². The first-order valence-corrected chi connectivity index (χ1v) is 14.5. The molecule has 3 rings (SSSR count). The van der Waals surface area contributed by atoms with Crippen LogP contribution in [0.4, 0.5) is 11.4 Å². The summed E-state index contributed by atoms with van der Waals surface area (Å²) in [5.74, 6) is -0.654. The van der Waals surface area contributed by atoms with E-state index in [4.69, 9.17) is 23.2 Å². The molecule has 12 heteroatoms. The van der Waals surface area contributed by atoms with Gasteiger partial charge in [-0.05, 0) is 55.0 Å². The Morgan fingerprint density at radius 2 is 1.59 bits per heavy atom. The van der Waals surface area contributed by atoms with Crippen LogP contribution in [0, 0.1) is 6.92 Å². The topological polar surface area (TPSA) is 104 Å². The number of anilines is 2. The predicted octanol–water partition coefficient (Wildman–Crippen LogP) is 5.19. The highest BCUT2D eigenvalue weighted by molar-refractivity contribution is 7.93. The third kappa shape index (κ3) is 6.00. The van der Waals surface area contributed by atoms with Gasteiger partial charge in [-0.2, -0.15) is 0 Å². The van der Waals surface area contributed by atoms with Gasteiger partial charge in [-0.3, -0.25) is 9.10 Å². The van der Waals surface area contributed by atoms with Gasteiger partial charge in [-0.15, -0.1) is 6.58 Å². The van der Waals surface area contributed by atoms with E-state index >= 15 is 0 Å². The number of halogens is 2. The van der Waals surface area contributed by atoms with E-state index in [-0.39, 0.29) is 43.3 Å². The van der Waals surface area contributed by atoms with Crippen molar-refractivity contribution >= 4 is 60.5 Å². The molecule has 0 aliphatic heterocycles. The van der Waals surface area contributed by atoms with Crippen molar-refractivity contribution in [2.75, 3.05) is 30.3 Å². The summed E-state index contributed by atoms with van der Waals surface area (Å²) >= 11 is 12.5. The number of nitrogens with zero attached hydrogens (tertiary/aromatic N) is 2. The minimum Gasteiger partial charge on any atom is -0.322 e. The number of hydrogen-bond donors (Lipinski definition) is 1. The molecule has 0 heterocycles. The standard InChI is InChI=1S/C25H25Cl2N3O5S2/c1-5-14-30(22-9-7-6-8-20(22)26)37(34,35)24-15-18(11-13-21(24)27)25(31)28-19-12-10-17(2)23(16-19)36(32,33)29(3)4/h5-13,15-16H,1,14H2,2-4H3,(H,28,31). The predicted molar refractivity (Wildman–Crippen MR) is 148 cm³/mol. The lowest BCUT2D eigenvalue weighted by Crippen LogP contribution is -2.32. The summed E-state index contributed by atoms with van der Waals surface area (Å²) in [6.07, 6.45) is 1.40. The second-order valence-electron chi connectivity index (χ2n) is 8.14. The maximum absolute atomic E-state index is 13.6. The molecule has 0 fully saturated rings. The molecule has 0 aliphatic rings. The van der Waals surface area contributed by atoms with Gasteiger partial charge in [0.1, 0.15) is 4.90 Å². The molecule has 0 unspecified atom stereocenters. The van der Waals surface area contributed by atoms with Crippen molar-refractivity contribution in [2.45, 2.75) is 16.7 Å². The Labute approximate surface area is 227 Å². The molecule has 8 nitrogen and oxygen atoms in total. The van der Waals surface area contributed by atoms with Crippen LogP contribution in [0.1, 0.15) is 15.9 Å². The number of nitrogens with one attached hydrogen (secondary N) is 1. The van der Waals surface area contributed by atoms with Gasteiger partial charge in [-0.1, -0.05) is 47.5 Å². The van der Waals surface area contributed by atoms with E-state index in [2.05, 4.69) is 11.9 Å². The van der Waals surface area contributed by atoms with E-state index in [9.17, 15) is 21.6 Å². The van der Waals surface area contributed by atoms with E-state index < -0.39 is 26.0 Å². The van der Waals surface area contributed by atoms with Crippen LogP contribution in [0.3, 0.4) is 0 Å². The van der Waals surface area contributed by atoms with Gasteiger partial charge >= 0.3 is 0 Å². The first-order chi connectivity index (χ1) is 17.3. The van der Waals surface area contributed by atoms with E-state index in [1.807, 2.05) is 0 Å². The number of aryl methyl sites for hydroxylation is 1. The summed E-state index contributed by atoms with van der Waals surface area (Å²) in [5, 5.41) is 2.74. The quantitative estimate of drug-likeness (QED) is 0.350. The highest BCUT2D eigenvalue weighted by atomic mass is 35.5. The van der Waals surface area contributed by atoms with Gasteiger partial charge < -0.3 is 5.32 Å². The molecule has 1 N–H and O–H groups in total. The van der Waals surface area contributed by atoms with Crippen LogP contribution in [0.15, 0.2) is 83.1 Å². The Morgan fingerprint density at radius 3 is 2.22 bits per heavy atom. The van der Waals surface area contributed by atoms with Crippen LogP contribution in [-0.4, -0.2) is 47.7 Å². The first kappa shape index (κ1) is 28.7. The van der Waals surface area contributed by atoms with Crippen molar-refractivity contribution in [1.29, 1.82) is 0 Å². The number of para-hydroxylation sites is 1. The van der Waals surface area contributed by atoms with Crippen molar-refractivity contribution in [3.05, 3.63) is 94.5 Å². The minimum atomic E-state index is -4.26. The monoisotopic (exact) mass is 581 g/mol. The fourth-order valence-electron chi connectivity index (χ4n) is 3.41. The molecule has 196 valence electrons. The maximum Gasteiger partial charge on any atom is 0.266 e. The van der Waals surface area contributed by atoms with Crippen molar-refractivity contribution in [3.8, 4) is 0 Å². The third-order valence-corrected chi connectivity index (χ3v) is 9.92. The Morgan fingerprint density at radius 1 is 0.919 bits per heavy atom. The molecular weight excluding hydrogens is 557 g/mol. The van der Waals surface area contributed by atoms with E-state index in [0.29, 0.717) is 5.56 Å². The average molecular weight is 583 g/mol. The second kappa shape index (κ2) is 11.2. The van der Waals surface area contributed by atoms with Crippen LogP contribution in [0.25, 0.3) is 0 Å². The van der Waals surface area contributed by atoms with Crippen LogP contribution in [0.2, 0.25) is 10.0 Å². The molecule has 0 spiro atoms. The lowest BCUT2D eigenvalue weighted by Gasteiger charge is -2.24.